The summed E-state index contributed by atoms with van der Waals surface area (Å²) in [5.74, 6) is -3.50. The second kappa shape index (κ2) is 7.43. The van der Waals surface area contributed by atoms with E-state index in [9.17, 15) is 22.4 Å². The van der Waals surface area contributed by atoms with E-state index in [1.165, 1.54) is 17.9 Å². The number of nitrogens with zero attached hydrogens (tertiary/aromatic N) is 1. The van der Waals surface area contributed by atoms with E-state index in [4.69, 9.17) is 5.73 Å². The summed E-state index contributed by atoms with van der Waals surface area (Å²) in [7, 11) is 0. The van der Waals surface area contributed by atoms with Crippen molar-refractivity contribution in [2.45, 2.75) is 18.9 Å². The molecule has 0 aliphatic carbocycles. The van der Waals surface area contributed by atoms with Crippen molar-refractivity contribution >= 4 is 17.2 Å². The largest absolute Gasteiger partial charge is 0.382 e. The molecule has 8 heteroatoms. The molecular weight excluding hydrogens is 398 g/mol. The Morgan fingerprint density at radius 3 is 2.63 bits per heavy atom. The van der Waals surface area contributed by atoms with Gasteiger partial charge >= 0.3 is 0 Å². The van der Waals surface area contributed by atoms with Crippen LogP contribution in [0.3, 0.4) is 0 Å². The molecule has 30 heavy (non-hydrogen) atoms. The van der Waals surface area contributed by atoms with Crippen LogP contribution in [0, 0.1) is 29.2 Å². The molecule has 0 bridgehead atoms. The molecular formula is C22H21F4N3O. The van der Waals surface area contributed by atoms with E-state index >= 15 is 0 Å². The zero-order valence-electron chi connectivity index (χ0n) is 16.3. The van der Waals surface area contributed by atoms with Gasteiger partial charge in [-0.05, 0) is 48.9 Å². The lowest BCUT2D eigenvalue weighted by Crippen LogP contribution is -2.54. The molecule has 2 aliphatic heterocycles. The fraction of sp³-hybridized carbons (Fsp3) is 0.318. The summed E-state index contributed by atoms with van der Waals surface area (Å²) < 4.78 is 57.2. The molecule has 2 aromatic carbocycles. The van der Waals surface area contributed by atoms with Gasteiger partial charge in [0.05, 0.1) is 11.2 Å². The Morgan fingerprint density at radius 2 is 1.93 bits per heavy atom. The van der Waals surface area contributed by atoms with Crippen LogP contribution in [0.5, 0.6) is 0 Å². The van der Waals surface area contributed by atoms with Gasteiger partial charge < -0.3 is 16.0 Å². The van der Waals surface area contributed by atoms with Crippen molar-refractivity contribution in [1.82, 2.24) is 4.90 Å². The molecule has 1 spiro atoms. The maximum atomic E-state index is 14.6. The zero-order chi connectivity index (χ0) is 21.6. The molecule has 0 saturated heterocycles. The predicted octanol–water partition coefficient (Wildman–Crippen LogP) is 3.77. The molecule has 4 nitrogen and oxygen atoms in total. The van der Waals surface area contributed by atoms with E-state index in [0.717, 1.165) is 24.3 Å². The van der Waals surface area contributed by atoms with Crippen LogP contribution in [0.25, 0.3) is 5.57 Å². The van der Waals surface area contributed by atoms with E-state index in [2.05, 4.69) is 5.32 Å². The fourth-order valence-electron chi connectivity index (χ4n) is 4.72. The van der Waals surface area contributed by atoms with Crippen molar-refractivity contribution in [2.75, 3.05) is 25.0 Å². The topological polar surface area (TPSA) is 58.4 Å². The SMILES string of the molecule is CC(=O)N1CC(c2cc(F)ccc2F)=CC12c1cc(F)cc(F)c1NCC2CCN. The number of hydrogen-bond acceptors (Lipinski definition) is 3. The number of benzene rings is 2. The van der Waals surface area contributed by atoms with Gasteiger partial charge in [-0.25, -0.2) is 17.6 Å². The Bertz CT molecular complexity index is 1050. The molecule has 2 aromatic rings. The van der Waals surface area contributed by atoms with Crippen LogP contribution in [-0.2, 0) is 10.3 Å². The average Bonchev–Trinajstić information content (AvgIpc) is 3.08. The van der Waals surface area contributed by atoms with Crippen LogP contribution >= 0.6 is 0 Å². The molecule has 2 atom stereocenters. The highest BCUT2D eigenvalue weighted by Crippen LogP contribution is 2.51. The van der Waals surface area contributed by atoms with Gasteiger partial charge in [0.2, 0.25) is 5.91 Å². The van der Waals surface area contributed by atoms with Gasteiger partial charge in [0, 0.05) is 43.1 Å². The number of carbonyl (C=O) groups excluding carboxylic acids is 1. The first-order valence-corrected chi connectivity index (χ1v) is 9.66. The van der Waals surface area contributed by atoms with Crippen LogP contribution in [0.4, 0.5) is 23.2 Å². The molecule has 0 aromatic heterocycles. The molecule has 2 unspecified atom stereocenters. The standard InChI is InChI=1S/C22H21F4N3O/c1-12(30)29-11-13(17-6-15(23)2-3-19(17)25)9-22(29)14(4-5-27)10-28-21-18(22)7-16(24)8-20(21)26/h2-3,6-9,14,28H,4-5,10-11,27H2,1H3. The van der Waals surface area contributed by atoms with Gasteiger partial charge in [0.1, 0.15) is 23.3 Å². The molecule has 4 rings (SSSR count). The molecule has 2 heterocycles. The Balaban J connectivity index is 2.00. The molecule has 1 amide bonds. The van der Waals surface area contributed by atoms with E-state index in [1.54, 1.807) is 6.08 Å². The Hall–Kier alpha value is -2.87. The number of halogens is 4. The third kappa shape index (κ3) is 3.06. The van der Waals surface area contributed by atoms with Crippen LogP contribution < -0.4 is 11.1 Å². The van der Waals surface area contributed by atoms with Crippen molar-refractivity contribution in [2.24, 2.45) is 11.7 Å². The summed E-state index contributed by atoms with van der Waals surface area (Å²) in [6.07, 6.45) is 2.09. The maximum Gasteiger partial charge on any atom is 0.220 e. The van der Waals surface area contributed by atoms with Gasteiger partial charge in [0.25, 0.3) is 0 Å². The Kier molecular flexibility index (Phi) is 5.05. The molecule has 3 N–H and O–H groups in total. The van der Waals surface area contributed by atoms with Crippen molar-refractivity contribution < 1.29 is 22.4 Å². The first-order chi connectivity index (χ1) is 14.3. The number of amides is 1. The van der Waals surface area contributed by atoms with Crippen LogP contribution in [0.2, 0.25) is 0 Å². The number of carbonyl (C=O) groups is 1. The van der Waals surface area contributed by atoms with Crippen molar-refractivity contribution in [3.63, 3.8) is 0 Å². The number of anilines is 1. The lowest BCUT2D eigenvalue weighted by molar-refractivity contribution is -0.134. The lowest BCUT2D eigenvalue weighted by Gasteiger charge is -2.48. The third-order valence-electron chi connectivity index (χ3n) is 5.97. The average molecular weight is 419 g/mol. The summed E-state index contributed by atoms with van der Waals surface area (Å²) in [6, 6.07) is 5.04. The van der Waals surface area contributed by atoms with Crippen LogP contribution in [-0.4, -0.2) is 30.4 Å². The zero-order valence-corrected chi connectivity index (χ0v) is 16.3. The molecule has 0 saturated carbocycles. The Labute approximate surface area is 171 Å². The van der Waals surface area contributed by atoms with E-state index in [1.807, 2.05) is 0 Å². The van der Waals surface area contributed by atoms with Gasteiger partial charge in [-0.15, -0.1) is 0 Å². The number of hydrogen-bond donors (Lipinski definition) is 2. The highest BCUT2D eigenvalue weighted by atomic mass is 19.1. The second-order valence-corrected chi connectivity index (χ2v) is 7.69. The van der Waals surface area contributed by atoms with Crippen molar-refractivity contribution in [1.29, 1.82) is 0 Å². The highest BCUT2D eigenvalue weighted by Gasteiger charge is 2.52. The molecule has 0 fully saturated rings. The van der Waals surface area contributed by atoms with E-state index in [-0.39, 0.29) is 48.3 Å². The predicted molar refractivity (Wildman–Crippen MR) is 105 cm³/mol. The first-order valence-electron chi connectivity index (χ1n) is 9.66. The second-order valence-electron chi connectivity index (χ2n) is 7.69. The first kappa shape index (κ1) is 20.4. The van der Waals surface area contributed by atoms with Gasteiger partial charge in [-0.1, -0.05) is 0 Å². The summed E-state index contributed by atoms with van der Waals surface area (Å²) in [5, 5.41) is 2.98. The minimum absolute atomic E-state index is 0.0154. The number of nitrogens with two attached hydrogens (primary N) is 1. The number of nitrogens with one attached hydrogen (secondary N) is 1. The number of fused-ring (bicyclic) bond motifs is 2. The quantitative estimate of drug-likeness (QED) is 0.745. The fourth-order valence-corrected chi connectivity index (χ4v) is 4.72. The number of rotatable bonds is 3. The minimum Gasteiger partial charge on any atom is -0.382 e. The molecule has 0 radical (unpaired) electrons. The maximum absolute atomic E-state index is 14.6. The summed E-state index contributed by atoms with van der Waals surface area (Å²) in [6.45, 7) is 1.89. The Morgan fingerprint density at radius 1 is 1.17 bits per heavy atom. The van der Waals surface area contributed by atoms with Crippen LogP contribution in [0.15, 0.2) is 36.4 Å². The smallest absolute Gasteiger partial charge is 0.220 e. The highest BCUT2D eigenvalue weighted by molar-refractivity contribution is 5.84. The third-order valence-corrected chi connectivity index (χ3v) is 5.97. The monoisotopic (exact) mass is 419 g/mol. The molecule has 158 valence electrons. The summed E-state index contributed by atoms with van der Waals surface area (Å²) in [4.78, 5) is 14.1. The normalized spacial score (nSPS) is 22.7. The summed E-state index contributed by atoms with van der Waals surface area (Å²) >= 11 is 0. The van der Waals surface area contributed by atoms with Gasteiger partial charge in [0.15, 0.2) is 0 Å². The van der Waals surface area contributed by atoms with E-state index < -0.39 is 28.8 Å². The van der Waals surface area contributed by atoms with Gasteiger partial charge in [-0.3, -0.25) is 4.79 Å². The lowest BCUT2D eigenvalue weighted by atomic mass is 9.72. The summed E-state index contributed by atoms with van der Waals surface area (Å²) in [5.41, 5.74) is 5.28. The molecule has 2 aliphatic rings. The van der Waals surface area contributed by atoms with Crippen molar-refractivity contribution in [3.8, 4) is 0 Å². The van der Waals surface area contributed by atoms with Gasteiger partial charge in [-0.2, -0.15) is 0 Å². The minimum atomic E-state index is -1.23. The van der Waals surface area contributed by atoms with Crippen molar-refractivity contribution in [3.05, 3.63) is 70.8 Å². The van der Waals surface area contributed by atoms with E-state index in [0.29, 0.717) is 12.0 Å². The van der Waals surface area contributed by atoms with Crippen LogP contribution in [0.1, 0.15) is 24.5 Å².